The first-order valence-corrected chi connectivity index (χ1v) is 13.7. The lowest BCUT2D eigenvalue weighted by Gasteiger charge is -2.53. The molecule has 194 valence electrons. The molecule has 0 spiro atoms. The van der Waals surface area contributed by atoms with E-state index >= 15 is 0 Å². The second kappa shape index (κ2) is 8.67. The summed E-state index contributed by atoms with van der Waals surface area (Å²) in [6, 6.07) is 16.2. The number of likely N-dealkylation sites (tertiary alicyclic amines) is 1. The number of nitrogens with zero attached hydrogens (tertiary/aromatic N) is 3. The Morgan fingerprint density at radius 2 is 1.79 bits per heavy atom. The van der Waals surface area contributed by atoms with E-state index in [9.17, 15) is 19.6 Å². The summed E-state index contributed by atoms with van der Waals surface area (Å²) in [6.45, 7) is 2.23. The quantitative estimate of drug-likeness (QED) is 0.620. The number of ether oxygens (including phenoxy) is 1. The van der Waals surface area contributed by atoms with Crippen LogP contribution in [0.1, 0.15) is 71.5 Å². The van der Waals surface area contributed by atoms with E-state index in [-0.39, 0.29) is 29.7 Å². The molecule has 38 heavy (non-hydrogen) atoms. The molecule has 8 heteroatoms. The van der Waals surface area contributed by atoms with E-state index in [1.807, 2.05) is 36.4 Å². The fraction of sp³-hybridized carbons (Fsp3) is 0.467. The smallest absolute Gasteiger partial charge is 0.255 e. The Hall–Kier alpha value is -3.70. The summed E-state index contributed by atoms with van der Waals surface area (Å²) in [6.07, 6.45) is 5.29. The maximum atomic E-state index is 13.2. The van der Waals surface area contributed by atoms with Crippen molar-refractivity contribution in [2.75, 3.05) is 13.1 Å². The van der Waals surface area contributed by atoms with Crippen molar-refractivity contribution >= 4 is 17.7 Å². The zero-order chi connectivity index (χ0) is 26.0. The molecule has 2 atom stereocenters. The number of hydrogen-bond donors (Lipinski definition) is 1. The van der Waals surface area contributed by atoms with Crippen molar-refractivity contribution in [2.24, 2.45) is 5.92 Å². The number of hydrogen-bond acceptors (Lipinski definition) is 6. The van der Waals surface area contributed by atoms with Gasteiger partial charge >= 0.3 is 0 Å². The van der Waals surface area contributed by atoms with Crippen LogP contribution in [-0.4, -0.2) is 58.3 Å². The highest BCUT2D eigenvalue weighted by atomic mass is 16.5. The molecule has 5 fully saturated rings. The van der Waals surface area contributed by atoms with Gasteiger partial charge in [0, 0.05) is 43.1 Å². The molecule has 4 heterocycles. The van der Waals surface area contributed by atoms with Gasteiger partial charge in [-0.05, 0) is 67.5 Å². The monoisotopic (exact) mass is 510 g/mol. The number of carbonyl (C=O) groups excluding carboxylic acids is 3. The van der Waals surface area contributed by atoms with Gasteiger partial charge in [0.05, 0.1) is 11.6 Å². The van der Waals surface area contributed by atoms with Gasteiger partial charge in [0.25, 0.3) is 11.8 Å². The number of nitrogens with one attached hydrogen (secondary N) is 1. The number of nitriles is 1. The fourth-order valence-electron chi connectivity index (χ4n) is 7.26. The first-order chi connectivity index (χ1) is 18.5. The highest BCUT2D eigenvalue weighted by Crippen LogP contribution is 2.49. The van der Waals surface area contributed by atoms with Crippen LogP contribution in [0.4, 0.5) is 0 Å². The van der Waals surface area contributed by atoms with E-state index in [4.69, 9.17) is 4.74 Å². The van der Waals surface area contributed by atoms with Crippen molar-refractivity contribution < 1.29 is 19.1 Å². The van der Waals surface area contributed by atoms with Gasteiger partial charge in [-0.3, -0.25) is 24.6 Å². The molecule has 2 aromatic rings. The van der Waals surface area contributed by atoms with E-state index in [0.717, 1.165) is 54.8 Å². The van der Waals surface area contributed by atoms with Crippen LogP contribution in [0.5, 0.6) is 5.75 Å². The van der Waals surface area contributed by atoms with Gasteiger partial charge in [0.2, 0.25) is 5.91 Å². The molecule has 3 amide bonds. The van der Waals surface area contributed by atoms with E-state index in [1.54, 1.807) is 4.90 Å². The fourth-order valence-corrected chi connectivity index (χ4v) is 7.26. The summed E-state index contributed by atoms with van der Waals surface area (Å²) in [7, 11) is 0. The van der Waals surface area contributed by atoms with Crippen LogP contribution in [0.15, 0.2) is 42.5 Å². The molecule has 4 aliphatic heterocycles. The third-order valence-electron chi connectivity index (χ3n) is 9.45. The first kappa shape index (κ1) is 23.4. The average Bonchev–Trinajstić information content (AvgIpc) is 3.19. The molecular formula is C30H30N4O4. The van der Waals surface area contributed by atoms with Crippen LogP contribution in [0, 0.1) is 17.2 Å². The van der Waals surface area contributed by atoms with Crippen molar-refractivity contribution in [1.82, 2.24) is 15.1 Å². The molecule has 2 saturated carbocycles. The Kier molecular flexibility index (Phi) is 5.34. The minimum atomic E-state index is -0.900. The Labute approximate surface area is 221 Å². The molecular weight excluding hydrogens is 480 g/mol. The van der Waals surface area contributed by atoms with Gasteiger partial charge in [-0.25, -0.2) is 0 Å². The second-order valence-electron chi connectivity index (χ2n) is 11.5. The van der Waals surface area contributed by atoms with Gasteiger partial charge in [-0.15, -0.1) is 0 Å². The van der Waals surface area contributed by atoms with Gasteiger partial charge in [-0.1, -0.05) is 24.6 Å². The van der Waals surface area contributed by atoms with Crippen LogP contribution in [0.25, 0.3) is 0 Å². The van der Waals surface area contributed by atoms with Crippen LogP contribution < -0.4 is 10.1 Å². The predicted octanol–water partition coefficient (Wildman–Crippen LogP) is 3.11. The van der Waals surface area contributed by atoms with E-state index in [1.165, 1.54) is 6.42 Å². The maximum absolute atomic E-state index is 13.2. The SMILES string of the molecule is N#Cc1ccccc1C1CN([C@@H]2CCCC[C@H]2Oc2ccc3c(c2)CN(C24CC(C2)C(=O)NC4=O)C3=O)C1. The van der Waals surface area contributed by atoms with Gasteiger partial charge in [-0.2, -0.15) is 5.26 Å². The number of rotatable bonds is 5. The minimum absolute atomic E-state index is 0.0725. The van der Waals surface area contributed by atoms with Crippen LogP contribution >= 0.6 is 0 Å². The van der Waals surface area contributed by atoms with Crippen LogP contribution in [-0.2, 0) is 16.1 Å². The zero-order valence-electron chi connectivity index (χ0n) is 21.2. The molecule has 3 saturated heterocycles. The number of carbonyl (C=O) groups is 3. The summed E-state index contributed by atoms with van der Waals surface area (Å²) < 4.78 is 6.57. The molecule has 0 unspecified atom stereocenters. The summed E-state index contributed by atoms with van der Waals surface area (Å²) in [5.41, 5.74) is 2.49. The van der Waals surface area contributed by atoms with Crippen molar-refractivity contribution in [3.05, 3.63) is 64.7 Å². The van der Waals surface area contributed by atoms with Gasteiger partial charge < -0.3 is 9.64 Å². The highest BCUT2D eigenvalue weighted by Gasteiger charge is 2.63. The molecule has 8 rings (SSSR count). The molecule has 0 radical (unpaired) electrons. The molecule has 8 nitrogen and oxygen atoms in total. The summed E-state index contributed by atoms with van der Waals surface area (Å²) in [5.74, 6) is 0.243. The number of fused-ring (bicyclic) bond motifs is 3. The van der Waals surface area contributed by atoms with Crippen molar-refractivity contribution in [3.63, 3.8) is 0 Å². The average molecular weight is 511 g/mol. The summed E-state index contributed by atoms with van der Waals surface area (Å²) >= 11 is 0. The topological polar surface area (TPSA) is 103 Å². The molecule has 6 aliphatic rings. The largest absolute Gasteiger partial charge is 0.489 e. The molecule has 1 N–H and O–H groups in total. The van der Waals surface area contributed by atoms with E-state index in [0.29, 0.717) is 36.9 Å². The molecule has 0 aromatic heterocycles. The molecule has 2 bridgehead atoms. The third kappa shape index (κ3) is 3.48. The highest BCUT2D eigenvalue weighted by molar-refractivity contribution is 6.10. The van der Waals surface area contributed by atoms with Crippen LogP contribution in [0.2, 0.25) is 0 Å². The van der Waals surface area contributed by atoms with Gasteiger partial charge in [0.15, 0.2) is 0 Å². The Balaban J connectivity index is 1.04. The lowest BCUT2D eigenvalue weighted by molar-refractivity contribution is -0.160. The lowest BCUT2D eigenvalue weighted by atomic mass is 9.63. The van der Waals surface area contributed by atoms with Crippen molar-refractivity contribution in [2.45, 2.75) is 68.7 Å². The standard InChI is InChI=1S/C30H30N4O4/c31-14-18-5-1-2-6-23(18)21-15-33(16-21)25-7-3-4-8-26(25)38-22-9-10-24-19(11-22)17-34(28(24)36)30-12-20(13-30)27(35)32-29(30)37/h1-2,5-6,9-11,20-21,25-26H,3-4,7-8,12-13,15-17H2,(H,32,35,37)/t20?,25-,26-,30?/m1/s1. The van der Waals surface area contributed by atoms with Crippen LogP contribution in [0.3, 0.4) is 0 Å². The van der Waals surface area contributed by atoms with Gasteiger partial charge in [0.1, 0.15) is 17.4 Å². The number of imide groups is 1. The van der Waals surface area contributed by atoms with E-state index in [2.05, 4.69) is 22.4 Å². The maximum Gasteiger partial charge on any atom is 0.255 e. The molecule has 2 aliphatic carbocycles. The third-order valence-corrected chi connectivity index (χ3v) is 9.45. The van der Waals surface area contributed by atoms with E-state index < -0.39 is 5.54 Å². The Bertz CT molecular complexity index is 1380. The second-order valence-corrected chi connectivity index (χ2v) is 11.5. The summed E-state index contributed by atoms with van der Waals surface area (Å²) in [4.78, 5) is 42.0. The number of amides is 3. The number of piperidine rings is 2. The summed E-state index contributed by atoms with van der Waals surface area (Å²) in [5, 5.41) is 11.9. The zero-order valence-corrected chi connectivity index (χ0v) is 21.2. The molecule has 2 aromatic carbocycles. The lowest BCUT2D eigenvalue weighted by Crippen LogP contribution is -2.73. The normalized spacial score (nSPS) is 30.7. The Morgan fingerprint density at radius 3 is 2.58 bits per heavy atom. The predicted molar refractivity (Wildman–Crippen MR) is 137 cm³/mol. The number of benzene rings is 2. The minimum Gasteiger partial charge on any atom is -0.489 e. The van der Waals surface area contributed by atoms with Crippen molar-refractivity contribution in [3.8, 4) is 11.8 Å². The van der Waals surface area contributed by atoms with Crippen molar-refractivity contribution in [1.29, 1.82) is 5.26 Å². The first-order valence-electron chi connectivity index (χ1n) is 13.7. The Morgan fingerprint density at radius 1 is 1.00 bits per heavy atom.